The molecule has 104 valence electrons. The molecule has 0 spiro atoms. The number of H-pyrrole nitrogens is 1. The van der Waals surface area contributed by atoms with Gasteiger partial charge in [-0.3, -0.25) is 0 Å². The van der Waals surface area contributed by atoms with Crippen LogP contribution in [-0.2, 0) is 0 Å². The highest BCUT2D eigenvalue weighted by molar-refractivity contribution is 5.50. The normalized spacial score (nSPS) is 12.0. The van der Waals surface area contributed by atoms with Gasteiger partial charge in [0.15, 0.2) is 5.65 Å². The van der Waals surface area contributed by atoms with Crippen molar-refractivity contribution in [1.82, 2.24) is 19.6 Å². The van der Waals surface area contributed by atoms with E-state index in [1.54, 1.807) is 0 Å². The quantitative estimate of drug-likeness (QED) is 0.803. The van der Waals surface area contributed by atoms with E-state index in [0.29, 0.717) is 0 Å². The lowest BCUT2D eigenvalue weighted by Crippen LogP contribution is -2.38. The summed E-state index contributed by atoms with van der Waals surface area (Å²) in [5.41, 5.74) is 4.98. The van der Waals surface area contributed by atoms with Crippen LogP contribution >= 0.6 is 0 Å². The average molecular weight is 276 g/mol. The summed E-state index contributed by atoms with van der Waals surface area (Å²) in [6.07, 6.45) is -3.25. The van der Waals surface area contributed by atoms with Crippen molar-refractivity contribution in [3.63, 3.8) is 0 Å². The molecule has 0 aromatic carbocycles. The number of aromatic amines is 1. The third kappa shape index (κ3) is 3.02. The predicted octanol–water partition coefficient (Wildman–Crippen LogP) is -0.255. The third-order valence-corrected chi connectivity index (χ3v) is 2.39. The zero-order valence-electron chi connectivity index (χ0n) is 9.68. The van der Waals surface area contributed by atoms with Crippen molar-refractivity contribution in [3.8, 4) is 0 Å². The van der Waals surface area contributed by atoms with Crippen molar-refractivity contribution in [2.45, 2.75) is 6.18 Å². The fourth-order valence-electron chi connectivity index (χ4n) is 1.62. The van der Waals surface area contributed by atoms with E-state index >= 15 is 0 Å². The van der Waals surface area contributed by atoms with Crippen LogP contribution in [0, 0.1) is 0 Å². The number of nitrogens with two attached hydrogens (primary N) is 1. The van der Waals surface area contributed by atoms with Crippen LogP contribution < -0.4 is 16.3 Å². The number of hydrogen-bond donors (Lipinski definition) is 2. The Hall–Kier alpha value is -2.10. The van der Waals surface area contributed by atoms with Crippen LogP contribution in [0.2, 0.25) is 0 Å². The van der Waals surface area contributed by atoms with Gasteiger partial charge in [-0.2, -0.15) is 18.3 Å². The monoisotopic (exact) mass is 276 g/mol. The van der Waals surface area contributed by atoms with Crippen molar-refractivity contribution >= 4 is 11.5 Å². The van der Waals surface area contributed by atoms with Crippen LogP contribution in [0.3, 0.4) is 0 Å². The Balaban J connectivity index is 2.35. The molecule has 2 aromatic heterocycles. The van der Waals surface area contributed by atoms with E-state index in [0.717, 1.165) is 15.6 Å². The molecule has 0 unspecified atom stereocenters. The van der Waals surface area contributed by atoms with E-state index in [9.17, 15) is 18.0 Å². The molecule has 0 atom stereocenters. The highest BCUT2D eigenvalue weighted by atomic mass is 19.4. The molecule has 3 N–H and O–H groups in total. The van der Waals surface area contributed by atoms with Gasteiger partial charge in [-0.15, -0.1) is 0 Å². The smallest absolute Gasteiger partial charge is 0.346 e. The van der Waals surface area contributed by atoms with Gasteiger partial charge in [0.1, 0.15) is 18.7 Å². The number of nitrogens with one attached hydrogen (secondary N) is 1. The second-order valence-corrected chi connectivity index (χ2v) is 3.83. The molecule has 0 aliphatic heterocycles. The lowest BCUT2D eigenvalue weighted by atomic mass is 10.4. The molecule has 2 aromatic rings. The van der Waals surface area contributed by atoms with Gasteiger partial charge in [0.2, 0.25) is 0 Å². The Labute approximate surface area is 104 Å². The molecule has 10 heteroatoms. The maximum absolute atomic E-state index is 12.4. The van der Waals surface area contributed by atoms with E-state index in [1.807, 2.05) is 0 Å². The van der Waals surface area contributed by atoms with E-state index in [4.69, 9.17) is 5.73 Å². The van der Waals surface area contributed by atoms with Crippen LogP contribution in [0.25, 0.3) is 5.65 Å². The van der Waals surface area contributed by atoms with Gasteiger partial charge in [-0.05, 0) is 0 Å². The average Bonchev–Trinajstić information content (AvgIpc) is 2.68. The maximum Gasteiger partial charge on any atom is 0.405 e. The minimum atomic E-state index is -4.37. The summed E-state index contributed by atoms with van der Waals surface area (Å²) < 4.78 is 38.4. The molecule has 0 saturated heterocycles. The minimum absolute atomic E-state index is 0.00264. The minimum Gasteiger partial charge on any atom is -0.346 e. The fraction of sp³-hybridized carbons (Fsp3) is 0.444. The van der Waals surface area contributed by atoms with Gasteiger partial charge in [0.05, 0.1) is 0 Å². The summed E-state index contributed by atoms with van der Waals surface area (Å²) >= 11 is 0. The van der Waals surface area contributed by atoms with Gasteiger partial charge in [-0.1, -0.05) is 0 Å². The number of alkyl halides is 3. The van der Waals surface area contributed by atoms with Crippen molar-refractivity contribution in [3.05, 3.63) is 22.9 Å². The molecule has 0 saturated carbocycles. The summed E-state index contributed by atoms with van der Waals surface area (Å²) in [5.74, 6) is 0.0641. The first kappa shape index (κ1) is 13.3. The molecule has 2 rings (SSSR count). The molecule has 2 heterocycles. The Kier molecular flexibility index (Phi) is 3.42. The van der Waals surface area contributed by atoms with E-state index in [-0.39, 0.29) is 24.6 Å². The topological polar surface area (TPSA) is 92.3 Å². The summed E-state index contributed by atoms with van der Waals surface area (Å²) in [5, 5.41) is 5.84. The highest BCUT2D eigenvalue weighted by Gasteiger charge is 2.31. The Morgan fingerprint density at radius 1 is 1.47 bits per heavy atom. The van der Waals surface area contributed by atoms with Crippen LogP contribution in [0.1, 0.15) is 0 Å². The number of halogens is 3. The number of anilines is 1. The molecule has 7 nitrogen and oxygen atoms in total. The SMILES string of the molecule is NCCN(CC(F)(F)F)c1cc2n[nH]c(=O)n2cn1. The van der Waals surface area contributed by atoms with E-state index < -0.39 is 18.4 Å². The lowest BCUT2D eigenvalue weighted by Gasteiger charge is -2.24. The van der Waals surface area contributed by atoms with Crippen LogP contribution in [-0.4, -0.2) is 45.4 Å². The lowest BCUT2D eigenvalue weighted by molar-refractivity contribution is -0.119. The van der Waals surface area contributed by atoms with Crippen molar-refractivity contribution in [2.24, 2.45) is 5.73 Å². The largest absolute Gasteiger partial charge is 0.405 e. The molecule has 0 fully saturated rings. The molecule has 0 aliphatic carbocycles. The number of nitrogens with zero attached hydrogens (tertiary/aromatic N) is 4. The number of rotatable bonds is 4. The van der Waals surface area contributed by atoms with E-state index in [1.165, 1.54) is 6.07 Å². The maximum atomic E-state index is 12.4. The first-order chi connectivity index (χ1) is 8.90. The fourth-order valence-corrected chi connectivity index (χ4v) is 1.62. The molecular formula is C9H11F3N6O. The van der Waals surface area contributed by atoms with Crippen LogP contribution in [0.15, 0.2) is 17.2 Å². The van der Waals surface area contributed by atoms with E-state index in [2.05, 4.69) is 15.2 Å². The standard InChI is InChI=1S/C9H11F3N6O/c10-9(11,12)4-17(2-1-13)6-3-7-15-16-8(19)18(7)5-14-6/h3,5H,1-2,4,13H2,(H,16,19). The summed E-state index contributed by atoms with van der Waals surface area (Å²) in [6.45, 7) is -1.12. The van der Waals surface area contributed by atoms with Gasteiger partial charge in [0, 0.05) is 19.2 Å². The van der Waals surface area contributed by atoms with Crippen molar-refractivity contribution < 1.29 is 13.2 Å². The molecule has 0 bridgehead atoms. The molecule has 0 amide bonds. The first-order valence-corrected chi connectivity index (χ1v) is 5.35. The summed E-state index contributed by atoms with van der Waals surface area (Å²) in [4.78, 5) is 16.0. The van der Waals surface area contributed by atoms with Gasteiger partial charge >= 0.3 is 11.9 Å². The Morgan fingerprint density at radius 2 is 2.21 bits per heavy atom. The number of fused-ring (bicyclic) bond motifs is 1. The van der Waals surface area contributed by atoms with Gasteiger partial charge < -0.3 is 10.6 Å². The highest BCUT2D eigenvalue weighted by Crippen LogP contribution is 2.20. The molecule has 19 heavy (non-hydrogen) atoms. The zero-order valence-corrected chi connectivity index (χ0v) is 9.68. The summed E-state index contributed by atoms with van der Waals surface area (Å²) in [7, 11) is 0. The van der Waals surface area contributed by atoms with Crippen molar-refractivity contribution in [1.29, 1.82) is 0 Å². The van der Waals surface area contributed by atoms with Crippen molar-refractivity contribution in [2.75, 3.05) is 24.5 Å². The molecule has 0 aliphatic rings. The first-order valence-electron chi connectivity index (χ1n) is 5.35. The van der Waals surface area contributed by atoms with Gasteiger partial charge in [0.25, 0.3) is 0 Å². The molecule has 0 radical (unpaired) electrons. The van der Waals surface area contributed by atoms with Crippen LogP contribution in [0.4, 0.5) is 19.0 Å². The predicted molar refractivity (Wildman–Crippen MR) is 60.9 cm³/mol. The second kappa shape index (κ2) is 4.88. The Bertz CT molecular complexity index is 618. The number of hydrogen-bond acceptors (Lipinski definition) is 5. The summed E-state index contributed by atoms with van der Waals surface area (Å²) in [6, 6.07) is 1.29. The zero-order chi connectivity index (χ0) is 14.0. The second-order valence-electron chi connectivity index (χ2n) is 3.83. The van der Waals surface area contributed by atoms with Crippen LogP contribution in [0.5, 0.6) is 0 Å². The Morgan fingerprint density at radius 3 is 2.84 bits per heavy atom. The number of aromatic nitrogens is 4. The third-order valence-electron chi connectivity index (χ3n) is 2.39. The molecular weight excluding hydrogens is 265 g/mol. The van der Waals surface area contributed by atoms with Gasteiger partial charge in [-0.25, -0.2) is 19.3 Å².